The quantitative estimate of drug-likeness (QED) is 0.552. The van der Waals surface area contributed by atoms with E-state index >= 15 is 0 Å². The molecule has 12 heavy (non-hydrogen) atoms. The van der Waals surface area contributed by atoms with Gasteiger partial charge >= 0.3 is 0 Å². The summed E-state index contributed by atoms with van der Waals surface area (Å²) in [5, 5.41) is 0. The zero-order chi connectivity index (χ0) is 9.03. The Hall–Kier alpha value is -0.260. The molecular weight excluding hydrogens is 144 g/mol. The molecule has 1 aliphatic carbocycles. The fourth-order valence-electron chi connectivity index (χ4n) is 2.36. The van der Waals surface area contributed by atoms with Crippen LogP contribution in [0.3, 0.4) is 0 Å². The van der Waals surface area contributed by atoms with Gasteiger partial charge in [0.1, 0.15) is 0 Å². The Balaban J connectivity index is 2.57. The second-order valence-electron chi connectivity index (χ2n) is 4.40. The highest BCUT2D eigenvalue weighted by molar-refractivity contribution is 4.96. The number of allylic oxidation sites excluding steroid dienone is 1. The van der Waals surface area contributed by atoms with E-state index < -0.39 is 0 Å². The maximum Gasteiger partial charge on any atom is -0.0124 e. The standard InChI is InChI=1S/C12H22/c1-4-12(3,5-2)11-9-7-6-8-10-11/h4,11H,1,5-10H2,2-3H3/t12-/m0/s1. The molecule has 0 aromatic rings. The molecule has 1 rings (SSSR count). The predicted molar refractivity (Wildman–Crippen MR) is 55.2 cm³/mol. The van der Waals surface area contributed by atoms with E-state index in [0.29, 0.717) is 5.41 Å². The molecule has 70 valence electrons. The molecular formula is C12H22. The normalized spacial score (nSPS) is 24.8. The van der Waals surface area contributed by atoms with Gasteiger partial charge < -0.3 is 0 Å². The van der Waals surface area contributed by atoms with Crippen molar-refractivity contribution in [3.05, 3.63) is 12.7 Å². The van der Waals surface area contributed by atoms with Gasteiger partial charge in [-0.3, -0.25) is 0 Å². The van der Waals surface area contributed by atoms with Gasteiger partial charge in [0.05, 0.1) is 0 Å². The highest BCUT2D eigenvalue weighted by atomic mass is 14.3. The Morgan fingerprint density at radius 2 is 1.92 bits per heavy atom. The molecule has 1 aliphatic rings. The second-order valence-corrected chi connectivity index (χ2v) is 4.40. The van der Waals surface area contributed by atoms with Gasteiger partial charge in [-0.25, -0.2) is 0 Å². The summed E-state index contributed by atoms with van der Waals surface area (Å²) in [5.74, 6) is 0.911. The van der Waals surface area contributed by atoms with Gasteiger partial charge in [0, 0.05) is 0 Å². The van der Waals surface area contributed by atoms with Gasteiger partial charge in [-0.1, -0.05) is 39.2 Å². The fourth-order valence-corrected chi connectivity index (χ4v) is 2.36. The van der Waals surface area contributed by atoms with Crippen LogP contribution >= 0.6 is 0 Å². The summed E-state index contributed by atoms with van der Waals surface area (Å²) in [6.45, 7) is 8.64. The van der Waals surface area contributed by atoms with Gasteiger partial charge in [-0.2, -0.15) is 0 Å². The molecule has 0 aliphatic heterocycles. The molecule has 0 aromatic heterocycles. The van der Waals surface area contributed by atoms with Crippen LogP contribution in [-0.4, -0.2) is 0 Å². The Labute approximate surface area is 77.1 Å². The Bertz CT molecular complexity index is 142. The van der Waals surface area contributed by atoms with E-state index in [1.54, 1.807) is 0 Å². The largest absolute Gasteiger partial charge is 0.103 e. The molecule has 0 bridgehead atoms. The van der Waals surface area contributed by atoms with Gasteiger partial charge in [0.15, 0.2) is 0 Å². The summed E-state index contributed by atoms with van der Waals surface area (Å²) >= 11 is 0. The van der Waals surface area contributed by atoms with Gasteiger partial charge in [0.2, 0.25) is 0 Å². The summed E-state index contributed by atoms with van der Waals surface area (Å²) in [6.07, 6.45) is 10.6. The SMILES string of the molecule is C=C[C@@](C)(CC)C1CCCCC1. The average Bonchev–Trinajstić information content (AvgIpc) is 2.18. The van der Waals surface area contributed by atoms with Crippen LogP contribution in [0.15, 0.2) is 12.7 Å². The Kier molecular flexibility index (Phi) is 3.37. The van der Waals surface area contributed by atoms with E-state index in [1.807, 2.05) is 0 Å². The van der Waals surface area contributed by atoms with Crippen molar-refractivity contribution < 1.29 is 0 Å². The van der Waals surface area contributed by atoms with E-state index in [0.717, 1.165) is 5.92 Å². The molecule has 0 amide bonds. The first-order valence-electron chi connectivity index (χ1n) is 5.36. The van der Waals surface area contributed by atoms with E-state index in [2.05, 4.69) is 26.5 Å². The van der Waals surface area contributed by atoms with Crippen LogP contribution in [0.25, 0.3) is 0 Å². The summed E-state index contributed by atoms with van der Waals surface area (Å²) in [4.78, 5) is 0. The molecule has 0 unspecified atom stereocenters. The van der Waals surface area contributed by atoms with Crippen LogP contribution in [0.4, 0.5) is 0 Å². The van der Waals surface area contributed by atoms with Crippen LogP contribution in [0, 0.1) is 11.3 Å². The predicted octanol–water partition coefficient (Wildman–Crippen LogP) is 4.17. The van der Waals surface area contributed by atoms with Gasteiger partial charge in [-0.05, 0) is 30.6 Å². The zero-order valence-electron chi connectivity index (χ0n) is 8.60. The molecule has 1 atom stereocenters. The first-order valence-corrected chi connectivity index (χ1v) is 5.36. The van der Waals surface area contributed by atoms with Crippen LogP contribution in [0.5, 0.6) is 0 Å². The molecule has 0 spiro atoms. The lowest BCUT2D eigenvalue weighted by molar-refractivity contribution is 0.184. The van der Waals surface area contributed by atoms with E-state index in [-0.39, 0.29) is 0 Å². The first kappa shape index (κ1) is 9.83. The second kappa shape index (κ2) is 4.11. The lowest BCUT2D eigenvalue weighted by atomic mass is 9.68. The lowest BCUT2D eigenvalue weighted by Gasteiger charge is -2.37. The summed E-state index contributed by atoms with van der Waals surface area (Å²) in [5.41, 5.74) is 0.417. The smallest absolute Gasteiger partial charge is 0.0124 e. The van der Waals surface area contributed by atoms with Crippen LogP contribution in [-0.2, 0) is 0 Å². The van der Waals surface area contributed by atoms with Crippen molar-refractivity contribution in [2.75, 3.05) is 0 Å². The Morgan fingerprint density at radius 1 is 1.33 bits per heavy atom. The number of hydrogen-bond acceptors (Lipinski definition) is 0. The third kappa shape index (κ3) is 1.91. The number of hydrogen-bond donors (Lipinski definition) is 0. The topological polar surface area (TPSA) is 0 Å². The van der Waals surface area contributed by atoms with Crippen molar-refractivity contribution in [2.45, 2.75) is 52.4 Å². The fraction of sp³-hybridized carbons (Fsp3) is 0.833. The molecule has 0 nitrogen and oxygen atoms in total. The maximum absolute atomic E-state index is 3.98. The molecule has 0 N–H and O–H groups in total. The van der Waals surface area contributed by atoms with E-state index in [9.17, 15) is 0 Å². The minimum absolute atomic E-state index is 0.417. The van der Waals surface area contributed by atoms with Crippen molar-refractivity contribution in [1.82, 2.24) is 0 Å². The monoisotopic (exact) mass is 166 g/mol. The third-order valence-electron chi connectivity index (χ3n) is 3.77. The highest BCUT2D eigenvalue weighted by Gasteiger charge is 2.30. The van der Waals surface area contributed by atoms with E-state index in [1.165, 1.54) is 38.5 Å². The van der Waals surface area contributed by atoms with Gasteiger partial charge in [-0.15, -0.1) is 6.58 Å². The molecule has 0 heteroatoms. The summed E-state index contributed by atoms with van der Waals surface area (Å²) < 4.78 is 0. The van der Waals surface area contributed by atoms with Gasteiger partial charge in [0.25, 0.3) is 0 Å². The minimum atomic E-state index is 0.417. The lowest BCUT2D eigenvalue weighted by Crippen LogP contribution is -2.26. The van der Waals surface area contributed by atoms with Crippen molar-refractivity contribution in [3.63, 3.8) is 0 Å². The minimum Gasteiger partial charge on any atom is -0.103 e. The molecule has 1 fully saturated rings. The van der Waals surface area contributed by atoms with Crippen LogP contribution in [0.1, 0.15) is 52.4 Å². The highest BCUT2D eigenvalue weighted by Crippen LogP contribution is 2.41. The van der Waals surface area contributed by atoms with Crippen molar-refractivity contribution in [2.24, 2.45) is 11.3 Å². The third-order valence-corrected chi connectivity index (χ3v) is 3.77. The van der Waals surface area contributed by atoms with Crippen LogP contribution < -0.4 is 0 Å². The van der Waals surface area contributed by atoms with Crippen LogP contribution in [0.2, 0.25) is 0 Å². The van der Waals surface area contributed by atoms with Crippen molar-refractivity contribution in [3.8, 4) is 0 Å². The molecule has 0 aromatic carbocycles. The molecule has 0 radical (unpaired) electrons. The zero-order valence-corrected chi connectivity index (χ0v) is 8.60. The molecule has 0 saturated heterocycles. The maximum atomic E-state index is 3.98. The van der Waals surface area contributed by atoms with Crippen molar-refractivity contribution >= 4 is 0 Å². The average molecular weight is 166 g/mol. The molecule has 0 heterocycles. The van der Waals surface area contributed by atoms with Crippen molar-refractivity contribution in [1.29, 1.82) is 0 Å². The Morgan fingerprint density at radius 3 is 2.33 bits per heavy atom. The van der Waals surface area contributed by atoms with E-state index in [4.69, 9.17) is 0 Å². The number of rotatable bonds is 3. The summed E-state index contributed by atoms with van der Waals surface area (Å²) in [7, 11) is 0. The molecule has 1 saturated carbocycles. The summed E-state index contributed by atoms with van der Waals surface area (Å²) in [6, 6.07) is 0. The first-order chi connectivity index (χ1) is 5.73.